The van der Waals surface area contributed by atoms with Crippen molar-refractivity contribution in [2.45, 2.75) is 39.8 Å². The molecule has 7 nitrogen and oxygen atoms in total. The summed E-state index contributed by atoms with van der Waals surface area (Å²) >= 11 is 0. The van der Waals surface area contributed by atoms with Crippen molar-refractivity contribution >= 4 is 5.97 Å². The number of carboxylic acid groups (broad SMARTS) is 1. The molecule has 0 atom stereocenters. The molecule has 0 aromatic carbocycles. The van der Waals surface area contributed by atoms with E-state index in [4.69, 9.17) is 5.11 Å². The predicted octanol–water partition coefficient (Wildman–Crippen LogP) is 0.380. The molecule has 0 saturated heterocycles. The van der Waals surface area contributed by atoms with Crippen LogP contribution in [0, 0.1) is 0 Å². The van der Waals surface area contributed by atoms with Crippen LogP contribution in [0.15, 0.2) is 0 Å². The zero-order valence-corrected chi connectivity index (χ0v) is 10.3. The number of tetrazole rings is 1. The van der Waals surface area contributed by atoms with Gasteiger partial charge in [0.25, 0.3) is 0 Å². The molecule has 0 unspecified atom stereocenters. The summed E-state index contributed by atoms with van der Waals surface area (Å²) in [4.78, 5) is 12.6. The van der Waals surface area contributed by atoms with E-state index in [1.54, 1.807) is 4.68 Å². The molecular formula is C10H19N5O2. The van der Waals surface area contributed by atoms with Crippen molar-refractivity contribution in [3.8, 4) is 0 Å². The standard InChI is InChI=1S/C10H19N5O2/c1-3-14(4-2)8-9-11-12-13-15(9)7-5-6-10(16)17/h3-8H2,1-2H3,(H,16,17). The molecule has 1 aromatic rings. The van der Waals surface area contributed by atoms with Crippen LogP contribution in [0.4, 0.5) is 0 Å². The summed E-state index contributed by atoms with van der Waals surface area (Å²) in [5.74, 6) is 0.00227. The van der Waals surface area contributed by atoms with Crippen LogP contribution < -0.4 is 0 Å². The molecular weight excluding hydrogens is 222 g/mol. The van der Waals surface area contributed by atoms with E-state index < -0.39 is 5.97 Å². The first kappa shape index (κ1) is 13.6. The van der Waals surface area contributed by atoms with E-state index in [0.29, 0.717) is 19.5 Å². The van der Waals surface area contributed by atoms with Crippen LogP contribution in [-0.2, 0) is 17.9 Å². The van der Waals surface area contributed by atoms with Gasteiger partial charge in [0, 0.05) is 13.0 Å². The van der Waals surface area contributed by atoms with Gasteiger partial charge >= 0.3 is 5.97 Å². The van der Waals surface area contributed by atoms with E-state index in [1.807, 2.05) is 0 Å². The first-order valence-electron chi connectivity index (χ1n) is 5.86. The van der Waals surface area contributed by atoms with E-state index >= 15 is 0 Å². The molecule has 0 radical (unpaired) electrons. The summed E-state index contributed by atoms with van der Waals surface area (Å²) in [6.45, 7) is 7.31. The predicted molar refractivity (Wildman–Crippen MR) is 61.3 cm³/mol. The Morgan fingerprint density at radius 3 is 2.71 bits per heavy atom. The monoisotopic (exact) mass is 241 g/mol. The van der Waals surface area contributed by atoms with E-state index in [-0.39, 0.29) is 6.42 Å². The lowest BCUT2D eigenvalue weighted by Gasteiger charge is -2.16. The molecule has 96 valence electrons. The summed E-state index contributed by atoms with van der Waals surface area (Å²) < 4.78 is 1.68. The third kappa shape index (κ3) is 4.48. The molecule has 0 fully saturated rings. The van der Waals surface area contributed by atoms with E-state index in [1.165, 1.54) is 0 Å². The third-order valence-corrected chi connectivity index (χ3v) is 2.63. The highest BCUT2D eigenvalue weighted by Crippen LogP contribution is 2.02. The number of rotatable bonds is 8. The summed E-state index contributed by atoms with van der Waals surface area (Å²) in [5.41, 5.74) is 0. The van der Waals surface area contributed by atoms with Gasteiger partial charge in [-0.15, -0.1) is 5.10 Å². The van der Waals surface area contributed by atoms with Crippen molar-refractivity contribution in [3.05, 3.63) is 5.82 Å². The molecule has 1 heterocycles. The fourth-order valence-corrected chi connectivity index (χ4v) is 1.54. The second-order valence-electron chi connectivity index (χ2n) is 3.78. The van der Waals surface area contributed by atoms with Gasteiger partial charge in [-0.3, -0.25) is 9.69 Å². The van der Waals surface area contributed by atoms with Crippen molar-refractivity contribution in [1.82, 2.24) is 25.1 Å². The maximum atomic E-state index is 10.4. The highest BCUT2D eigenvalue weighted by Gasteiger charge is 2.09. The lowest BCUT2D eigenvalue weighted by atomic mass is 10.3. The third-order valence-electron chi connectivity index (χ3n) is 2.63. The van der Waals surface area contributed by atoms with Gasteiger partial charge in [-0.1, -0.05) is 13.8 Å². The molecule has 1 N–H and O–H groups in total. The van der Waals surface area contributed by atoms with E-state index in [0.717, 1.165) is 18.9 Å². The highest BCUT2D eigenvalue weighted by atomic mass is 16.4. The second kappa shape index (κ2) is 6.95. The molecule has 1 aromatic heterocycles. The summed E-state index contributed by atoms with van der Waals surface area (Å²) in [5, 5.41) is 20.0. The second-order valence-corrected chi connectivity index (χ2v) is 3.78. The molecule has 1 rings (SSSR count). The van der Waals surface area contributed by atoms with Gasteiger partial charge in [0.15, 0.2) is 5.82 Å². The van der Waals surface area contributed by atoms with Crippen LogP contribution in [0.25, 0.3) is 0 Å². The topological polar surface area (TPSA) is 84.1 Å². The summed E-state index contributed by atoms with van der Waals surface area (Å²) in [7, 11) is 0. The van der Waals surface area contributed by atoms with Gasteiger partial charge < -0.3 is 5.11 Å². The van der Waals surface area contributed by atoms with E-state index in [2.05, 4.69) is 34.3 Å². The maximum absolute atomic E-state index is 10.4. The fourth-order valence-electron chi connectivity index (χ4n) is 1.54. The zero-order valence-electron chi connectivity index (χ0n) is 10.3. The Morgan fingerprint density at radius 1 is 1.41 bits per heavy atom. The minimum atomic E-state index is -0.789. The van der Waals surface area contributed by atoms with Crippen LogP contribution in [0.5, 0.6) is 0 Å². The van der Waals surface area contributed by atoms with Gasteiger partial charge in [-0.2, -0.15) is 0 Å². The number of aliphatic carboxylic acids is 1. The lowest BCUT2D eigenvalue weighted by molar-refractivity contribution is -0.137. The van der Waals surface area contributed by atoms with Crippen molar-refractivity contribution in [2.75, 3.05) is 13.1 Å². The van der Waals surface area contributed by atoms with Crippen LogP contribution in [0.2, 0.25) is 0 Å². The Bertz CT molecular complexity index is 348. The SMILES string of the molecule is CCN(CC)Cc1nnnn1CCCC(=O)O. The zero-order chi connectivity index (χ0) is 12.7. The van der Waals surface area contributed by atoms with Crippen LogP contribution in [-0.4, -0.2) is 49.3 Å². The van der Waals surface area contributed by atoms with E-state index in [9.17, 15) is 4.79 Å². The van der Waals surface area contributed by atoms with Crippen molar-refractivity contribution in [2.24, 2.45) is 0 Å². The molecule has 0 aliphatic heterocycles. The smallest absolute Gasteiger partial charge is 0.303 e. The van der Waals surface area contributed by atoms with Crippen LogP contribution in [0.1, 0.15) is 32.5 Å². The van der Waals surface area contributed by atoms with Gasteiger partial charge in [0.2, 0.25) is 0 Å². The fraction of sp³-hybridized carbons (Fsp3) is 0.800. The Hall–Kier alpha value is -1.50. The number of nitrogens with zero attached hydrogens (tertiary/aromatic N) is 5. The summed E-state index contributed by atoms with van der Waals surface area (Å²) in [6.07, 6.45) is 0.691. The van der Waals surface area contributed by atoms with Crippen molar-refractivity contribution < 1.29 is 9.90 Å². The lowest BCUT2D eigenvalue weighted by Crippen LogP contribution is -2.24. The Morgan fingerprint density at radius 2 is 2.12 bits per heavy atom. The molecule has 0 aliphatic carbocycles. The molecule has 0 amide bonds. The summed E-state index contributed by atoms with van der Waals surface area (Å²) in [6, 6.07) is 0. The largest absolute Gasteiger partial charge is 0.481 e. The number of carbonyl (C=O) groups is 1. The number of hydrogen-bond acceptors (Lipinski definition) is 5. The normalized spacial score (nSPS) is 11.0. The number of aryl methyl sites for hydroxylation is 1. The van der Waals surface area contributed by atoms with Gasteiger partial charge in [0.05, 0.1) is 6.54 Å². The Kier molecular flexibility index (Phi) is 5.55. The number of carboxylic acids is 1. The molecule has 0 spiro atoms. The van der Waals surface area contributed by atoms with Crippen molar-refractivity contribution in [3.63, 3.8) is 0 Å². The number of aromatic nitrogens is 4. The van der Waals surface area contributed by atoms with Crippen LogP contribution in [0.3, 0.4) is 0 Å². The van der Waals surface area contributed by atoms with Gasteiger partial charge in [0.1, 0.15) is 0 Å². The average molecular weight is 241 g/mol. The minimum absolute atomic E-state index is 0.143. The highest BCUT2D eigenvalue weighted by molar-refractivity contribution is 5.66. The van der Waals surface area contributed by atoms with Crippen molar-refractivity contribution in [1.29, 1.82) is 0 Å². The Labute approximate surface area is 100 Å². The number of hydrogen-bond donors (Lipinski definition) is 1. The molecule has 7 heteroatoms. The van der Waals surface area contributed by atoms with Gasteiger partial charge in [-0.05, 0) is 29.9 Å². The maximum Gasteiger partial charge on any atom is 0.303 e. The first-order valence-corrected chi connectivity index (χ1v) is 5.86. The molecule has 0 bridgehead atoms. The minimum Gasteiger partial charge on any atom is -0.481 e. The Balaban J connectivity index is 2.50. The van der Waals surface area contributed by atoms with Crippen LogP contribution >= 0.6 is 0 Å². The quantitative estimate of drug-likeness (QED) is 0.708. The molecule has 17 heavy (non-hydrogen) atoms. The average Bonchev–Trinajstić information content (AvgIpc) is 2.73. The molecule has 0 aliphatic rings. The first-order chi connectivity index (χ1) is 8.17. The van der Waals surface area contributed by atoms with Gasteiger partial charge in [-0.25, -0.2) is 4.68 Å². The molecule has 0 saturated carbocycles.